The first-order valence-corrected chi connectivity index (χ1v) is 8.17. The van der Waals surface area contributed by atoms with Crippen LogP contribution in [0.4, 0.5) is 14.5 Å². The molecule has 8 heteroatoms. The van der Waals surface area contributed by atoms with Crippen molar-refractivity contribution in [1.29, 1.82) is 0 Å². The van der Waals surface area contributed by atoms with Crippen molar-refractivity contribution < 1.29 is 23.1 Å². The number of nitrogens with zero attached hydrogens (tertiary/aromatic N) is 2. The van der Waals surface area contributed by atoms with Crippen LogP contribution in [0.3, 0.4) is 0 Å². The number of amides is 2. The fourth-order valence-electron chi connectivity index (χ4n) is 2.84. The van der Waals surface area contributed by atoms with E-state index in [1.54, 1.807) is 0 Å². The zero-order chi connectivity index (χ0) is 16.4. The molecule has 2 aliphatic rings. The molecule has 0 N–H and O–H groups in total. The van der Waals surface area contributed by atoms with Gasteiger partial charge in [0.25, 0.3) is 11.7 Å². The zero-order valence-corrected chi connectivity index (χ0v) is 13.1. The minimum absolute atomic E-state index is 0.145. The van der Waals surface area contributed by atoms with E-state index in [-0.39, 0.29) is 18.2 Å². The summed E-state index contributed by atoms with van der Waals surface area (Å²) in [6.07, 6.45) is 0.145. The molecule has 0 aromatic heterocycles. The van der Waals surface area contributed by atoms with Gasteiger partial charge in [-0.3, -0.25) is 14.5 Å². The molecule has 124 valence electrons. The Labute approximate surface area is 136 Å². The lowest BCUT2D eigenvalue weighted by Crippen LogP contribution is -2.47. The summed E-state index contributed by atoms with van der Waals surface area (Å²) in [6.45, 7) is 2.36. The van der Waals surface area contributed by atoms with Gasteiger partial charge in [0.15, 0.2) is 0 Å². The number of halogens is 2. The molecule has 2 aliphatic heterocycles. The molecule has 0 spiro atoms. The lowest BCUT2D eigenvalue weighted by atomic mass is 10.2. The molecule has 0 aliphatic carbocycles. The molecule has 0 bridgehead atoms. The van der Waals surface area contributed by atoms with Crippen molar-refractivity contribution in [3.05, 3.63) is 24.3 Å². The zero-order valence-electron chi connectivity index (χ0n) is 12.3. The van der Waals surface area contributed by atoms with E-state index >= 15 is 0 Å². The maximum absolute atomic E-state index is 12.6. The minimum Gasteiger partial charge on any atom is -0.379 e. The van der Waals surface area contributed by atoms with Crippen molar-refractivity contribution in [2.24, 2.45) is 0 Å². The Kier molecular flexibility index (Phi) is 4.93. The van der Waals surface area contributed by atoms with Gasteiger partial charge in [0.05, 0.1) is 31.4 Å². The molecule has 0 unspecified atom stereocenters. The number of alkyl halides is 2. The molecule has 2 fully saturated rings. The van der Waals surface area contributed by atoms with Gasteiger partial charge in [0.2, 0.25) is 5.91 Å². The highest BCUT2D eigenvalue weighted by Crippen LogP contribution is 2.30. The van der Waals surface area contributed by atoms with Crippen molar-refractivity contribution >= 4 is 29.3 Å². The Morgan fingerprint density at radius 1 is 1.13 bits per heavy atom. The van der Waals surface area contributed by atoms with Crippen LogP contribution in [0.2, 0.25) is 0 Å². The number of ether oxygens (including phenoxy) is 1. The molecule has 1 aromatic carbocycles. The highest BCUT2D eigenvalue weighted by atomic mass is 32.2. The van der Waals surface area contributed by atoms with Crippen molar-refractivity contribution in [3.63, 3.8) is 0 Å². The highest BCUT2D eigenvalue weighted by molar-refractivity contribution is 7.99. The monoisotopic (exact) mass is 342 g/mol. The Morgan fingerprint density at radius 3 is 2.39 bits per heavy atom. The number of hydrogen-bond acceptors (Lipinski definition) is 5. The maximum atomic E-state index is 12.6. The summed E-state index contributed by atoms with van der Waals surface area (Å²) in [5.41, 5.74) is 0.425. The molecule has 2 amide bonds. The lowest BCUT2D eigenvalue weighted by Gasteiger charge is -2.30. The van der Waals surface area contributed by atoms with E-state index in [2.05, 4.69) is 0 Å². The van der Waals surface area contributed by atoms with E-state index in [0.717, 1.165) is 4.90 Å². The van der Waals surface area contributed by atoms with E-state index in [9.17, 15) is 18.4 Å². The van der Waals surface area contributed by atoms with E-state index < -0.39 is 11.8 Å². The molecule has 0 saturated carbocycles. The van der Waals surface area contributed by atoms with E-state index in [4.69, 9.17) is 4.74 Å². The van der Waals surface area contributed by atoms with Crippen LogP contribution in [0, 0.1) is 0 Å². The first-order valence-electron chi connectivity index (χ1n) is 7.30. The number of anilines is 1. The maximum Gasteiger partial charge on any atom is 0.288 e. The van der Waals surface area contributed by atoms with Crippen molar-refractivity contribution in [2.75, 3.05) is 31.2 Å². The molecular formula is C15H16F2N2O3S. The summed E-state index contributed by atoms with van der Waals surface area (Å²) in [6, 6.07) is 5.59. The van der Waals surface area contributed by atoms with E-state index in [1.807, 2.05) is 4.90 Å². The standard InChI is InChI=1S/C15H16F2N2O3S/c16-15(17)23-11-3-1-10(2-4-11)19-13(20)9-12(14(19)21)18-5-7-22-8-6-18/h1-4,12,15H,5-9H2/t12-/m0/s1. The number of morpholine rings is 1. The van der Waals surface area contributed by atoms with Crippen LogP contribution in [0.1, 0.15) is 6.42 Å². The predicted molar refractivity (Wildman–Crippen MR) is 81.6 cm³/mol. The third-order valence-corrected chi connectivity index (χ3v) is 4.65. The quantitative estimate of drug-likeness (QED) is 0.618. The van der Waals surface area contributed by atoms with Gasteiger partial charge >= 0.3 is 0 Å². The van der Waals surface area contributed by atoms with Crippen LogP contribution in [0.15, 0.2) is 29.2 Å². The van der Waals surface area contributed by atoms with Crippen molar-refractivity contribution in [1.82, 2.24) is 4.90 Å². The smallest absolute Gasteiger partial charge is 0.288 e. The number of imide groups is 1. The molecule has 3 rings (SSSR count). The number of rotatable bonds is 4. The Balaban J connectivity index is 1.74. The number of hydrogen-bond donors (Lipinski definition) is 0. The number of carbonyl (C=O) groups excluding carboxylic acids is 2. The van der Waals surface area contributed by atoms with Crippen LogP contribution in [0.25, 0.3) is 0 Å². The SMILES string of the molecule is O=C1C[C@H](N2CCOCC2)C(=O)N1c1ccc(SC(F)F)cc1. The summed E-state index contributed by atoms with van der Waals surface area (Å²) in [5.74, 6) is -3.02. The molecule has 2 saturated heterocycles. The van der Waals surface area contributed by atoms with Crippen LogP contribution in [-0.2, 0) is 14.3 Å². The van der Waals surface area contributed by atoms with E-state index in [0.29, 0.717) is 48.6 Å². The molecule has 23 heavy (non-hydrogen) atoms. The highest BCUT2D eigenvalue weighted by Gasteiger charge is 2.42. The summed E-state index contributed by atoms with van der Waals surface area (Å²) in [5, 5.41) is 0. The number of benzene rings is 1. The second-order valence-electron chi connectivity index (χ2n) is 5.31. The molecular weight excluding hydrogens is 326 g/mol. The molecule has 0 radical (unpaired) electrons. The van der Waals surface area contributed by atoms with Crippen molar-refractivity contribution in [2.45, 2.75) is 23.1 Å². The second-order valence-corrected chi connectivity index (χ2v) is 6.37. The van der Waals surface area contributed by atoms with Crippen molar-refractivity contribution in [3.8, 4) is 0 Å². The van der Waals surface area contributed by atoms with Gasteiger partial charge in [-0.25, -0.2) is 4.90 Å². The molecule has 1 atom stereocenters. The fraction of sp³-hybridized carbons (Fsp3) is 0.467. The average molecular weight is 342 g/mol. The van der Waals surface area contributed by atoms with Gasteiger partial charge in [0.1, 0.15) is 0 Å². The first kappa shape index (κ1) is 16.4. The summed E-state index contributed by atoms with van der Waals surface area (Å²) >= 11 is 0.431. The third kappa shape index (κ3) is 3.54. The van der Waals surface area contributed by atoms with Crippen LogP contribution in [0.5, 0.6) is 0 Å². The van der Waals surface area contributed by atoms with Gasteiger partial charge in [0, 0.05) is 18.0 Å². The first-order chi connectivity index (χ1) is 11.1. The second kappa shape index (κ2) is 6.94. The summed E-state index contributed by atoms with van der Waals surface area (Å²) < 4.78 is 29.9. The van der Waals surface area contributed by atoms with Gasteiger partial charge in [-0.15, -0.1) is 0 Å². The molecule has 2 heterocycles. The Hall–Kier alpha value is -1.51. The molecule has 1 aromatic rings. The normalized spacial score (nSPS) is 23.1. The Morgan fingerprint density at radius 2 is 1.78 bits per heavy atom. The average Bonchev–Trinajstić information content (AvgIpc) is 2.83. The third-order valence-electron chi connectivity index (χ3n) is 3.93. The van der Waals surface area contributed by atoms with E-state index in [1.165, 1.54) is 24.3 Å². The topological polar surface area (TPSA) is 49.9 Å². The minimum atomic E-state index is -2.50. The lowest BCUT2D eigenvalue weighted by molar-refractivity contribution is -0.123. The fourth-order valence-corrected chi connectivity index (χ4v) is 3.34. The summed E-state index contributed by atoms with van der Waals surface area (Å²) in [4.78, 5) is 28.3. The number of carbonyl (C=O) groups is 2. The predicted octanol–water partition coefficient (Wildman–Crippen LogP) is 1.97. The molecule has 5 nitrogen and oxygen atoms in total. The number of thioether (sulfide) groups is 1. The van der Waals surface area contributed by atoms with Crippen LogP contribution in [-0.4, -0.2) is 54.8 Å². The Bertz CT molecular complexity index is 591. The van der Waals surface area contributed by atoms with Crippen LogP contribution < -0.4 is 4.90 Å². The summed E-state index contributed by atoms with van der Waals surface area (Å²) in [7, 11) is 0. The van der Waals surface area contributed by atoms with Gasteiger partial charge in [-0.1, -0.05) is 11.8 Å². The largest absolute Gasteiger partial charge is 0.379 e. The van der Waals surface area contributed by atoms with Gasteiger partial charge in [-0.05, 0) is 24.3 Å². The van der Waals surface area contributed by atoms with Gasteiger partial charge in [-0.2, -0.15) is 8.78 Å². The van der Waals surface area contributed by atoms with Gasteiger partial charge < -0.3 is 4.74 Å². The van der Waals surface area contributed by atoms with Crippen LogP contribution >= 0.6 is 11.8 Å².